The van der Waals surface area contributed by atoms with Crippen molar-refractivity contribution in [2.75, 3.05) is 0 Å². The Labute approximate surface area is 122 Å². The predicted molar refractivity (Wildman–Crippen MR) is 79.3 cm³/mol. The average Bonchev–Trinajstić information content (AvgIpc) is 2.87. The molecule has 1 aromatic heterocycles. The van der Waals surface area contributed by atoms with Crippen LogP contribution in [0.5, 0.6) is 0 Å². The molecule has 4 atom stereocenters. The standard InChI is InChI=1S/C13H21N3OS2/c1-8-5-4-6-11(9(8)2)15-12(17)10(3)19-13-16-14-7-18-13/h7-11H,4-6H2,1-3H3,(H,15,17)/t8-,9-,10-,11+/m1/s1. The van der Waals surface area contributed by atoms with Crippen molar-refractivity contribution in [3.8, 4) is 0 Å². The Morgan fingerprint density at radius 3 is 3.00 bits per heavy atom. The molecule has 1 aromatic rings. The summed E-state index contributed by atoms with van der Waals surface area (Å²) in [6.07, 6.45) is 3.60. The van der Waals surface area contributed by atoms with E-state index in [1.807, 2.05) is 6.92 Å². The number of hydrogen-bond donors (Lipinski definition) is 1. The number of rotatable bonds is 4. The Bertz CT molecular complexity index is 410. The van der Waals surface area contributed by atoms with Crippen LogP contribution < -0.4 is 5.32 Å². The molecule has 0 aromatic carbocycles. The highest BCUT2D eigenvalue weighted by atomic mass is 32.2. The molecule has 0 bridgehead atoms. The summed E-state index contributed by atoms with van der Waals surface area (Å²) in [5.41, 5.74) is 1.69. The van der Waals surface area contributed by atoms with E-state index in [0.29, 0.717) is 17.9 Å². The number of nitrogens with zero attached hydrogens (tertiary/aromatic N) is 2. The quantitative estimate of drug-likeness (QED) is 0.869. The van der Waals surface area contributed by atoms with E-state index in [1.165, 1.54) is 35.9 Å². The van der Waals surface area contributed by atoms with Crippen LogP contribution in [0.15, 0.2) is 9.85 Å². The van der Waals surface area contributed by atoms with Gasteiger partial charge in [-0.15, -0.1) is 10.2 Å². The van der Waals surface area contributed by atoms with E-state index in [2.05, 4.69) is 29.4 Å². The van der Waals surface area contributed by atoms with Gasteiger partial charge in [0.1, 0.15) is 5.51 Å². The van der Waals surface area contributed by atoms with Crippen molar-refractivity contribution in [1.82, 2.24) is 15.5 Å². The SMILES string of the molecule is C[C@@H]1[C@H](C)CCC[C@@H]1NC(=O)[C@@H](C)Sc1nncs1. The van der Waals surface area contributed by atoms with Gasteiger partial charge >= 0.3 is 0 Å². The maximum absolute atomic E-state index is 12.2. The zero-order valence-electron chi connectivity index (χ0n) is 11.6. The second kappa shape index (κ2) is 6.70. The summed E-state index contributed by atoms with van der Waals surface area (Å²) >= 11 is 2.96. The fraction of sp³-hybridized carbons (Fsp3) is 0.769. The lowest BCUT2D eigenvalue weighted by atomic mass is 9.78. The van der Waals surface area contributed by atoms with E-state index in [1.54, 1.807) is 5.51 Å². The highest BCUT2D eigenvalue weighted by Crippen LogP contribution is 2.30. The number of carbonyl (C=O) groups excluding carboxylic acids is 1. The first-order valence-corrected chi connectivity index (χ1v) is 8.57. The van der Waals surface area contributed by atoms with Crippen LogP contribution in [0.25, 0.3) is 0 Å². The number of thioether (sulfide) groups is 1. The maximum atomic E-state index is 12.2. The molecule has 0 spiro atoms. The van der Waals surface area contributed by atoms with Crippen molar-refractivity contribution >= 4 is 29.0 Å². The molecule has 0 unspecified atom stereocenters. The van der Waals surface area contributed by atoms with Gasteiger partial charge < -0.3 is 5.32 Å². The molecule has 0 radical (unpaired) electrons. The maximum Gasteiger partial charge on any atom is 0.233 e. The van der Waals surface area contributed by atoms with Crippen LogP contribution in [0.2, 0.25) is 0 Å². The molecule has 1 aliphatic rings. The van der Waals surface area contributed by atoms with Crippen molar-refractivity contribution in [2.45, 2.75) is 55.7 Å². The minimum Gasteiger partial charge on any atom is -0.352 e. The van der Waals surface area contributed by atoms with Gasteiger partial charge in [-0.25, -0.2) is 0 Å². The van der Waals surface area contributed by atoms with Gasteiger partial charge in [-0.05, 0) is 25.2 Å². The van der Waals surface area contributed by atoms with Gasteiger partial charge in [-0.2, -0.15) is 0 Å². The third kappa shape index (κ3) is 3.92. The summed E-state index contributed by atoms with van der Waals surface area (Å²) in [6.45, 7) is 6.46. The van der Waals surface area contributed by atoms with Crippen LogP contribution >= 0.6 is 23.1 Å². The normalized spacial score (nSPS) is 28.9. The first kappa shape index (κ1) is 14.8. The van der Waals surface area contributed by atoms with Crippen LogP contribution in [-0.2, 0) is 4.79 Å². The topological polar surface area (TPSA) is 54.9 Å². The molecule has 1 saturated carbocycles. The minimum atomic E-state index is -0.114. The van der Waals surface area contributed by atoms with Gasteiger partial charge in [0, 0.05) is 6.04 Å². The molecule has 0 aliphatic heterocycles. The molecule has 1 fully saturated rings. The van der Waals surface area contributed by atoms with Gasteiger partial charge in [0.05, 0.1) is 5.25 Å². The zero-order valence-corrected chi connectivity index (χ0v) is 13.3. The fourth-order valence-corrected chi connectivity index (χ4v) is 4.14. The van der Waals surface area contributed by atoms with Gasteiger partial charge in [-0.3, -0.25) is 4.79 Å². The highest BCUT2D eigenvalue weighted by Gasteiger charge is 2.29. The largest absolute Gasteiger partial charge is 0.352 e. The molecule has 1 heterocycles. The van der Waals surface area contributed by atoms with E-state index < -0.39 is 0 Å². The average molecular weight is 299 g/mol. The van der Waals surface area contributed by atoms with Crippen LogP contribution in [0, 0.1) is 11.8 Å². The van der Waals surface area contributed by atoms with Crippen molar-refractivity contribution in [2.24, 2.45) is 11.8 Å². The first-order valence-electron chi connectivity index (χ1n) is 6.81. The van der Waals surface area contributed by atoms with E-state index in [9.17, 15) is 4.79 Å². The lowest BCUT2D eigenvalue weighted by Crippen LogP contribution is -2.46. The number of nitrogens with one attached hydrogen (secondary N) is 1. The van der Waals surface area contributed by atoms with E-state index in [4.69, 9.17) is 0 Å². The van der Waals surface area contributed by atoms with Gasteiger partial charge in [0.15, 0.2) is 4.34 Å². The fourth-order valence-electron chi connectivity index (χ4n) is 2.50. The minimum absolute atomic E-state index is 0.114. The summed E-state index contributed by atoms with van der Waals surface area (Å²) in [5, 5.41) is 10.8. The second-order valence-electron chi connectivity index (χ2n) is 5.35. The van der Waals surface area contributed by atoms with E-state index in [0.717, 1.165) is 10.8 Å². The van der Waals surface area contributed by atoms with Crippen LogP contribution in [0.1, 0.15) is 40.0 Å². The Morgan fingerprint density at radius 2 is 2.32 bits per heavy atom. The van der Waals surface area contributed by atoms with Crippen LogP contribution in [-0.4, -0.2) is 27.4 Å². The molecule has 0 saturated heterocycles. The Hall–Kier alpha value is -0.620. The molecule has 2 rings (SSSR count). The molecule has 1 N–H and O–H groups in total. The van der Waals surface area contributed by atoms with Crippen molar-refractivity contribution in [3.05, 3.63) is 5.51 Å². The molecule has 19 heavy (non-hydrogen) atoms. The molecule has 1 amide bonds. The Balaban J connectivity index is 1.86. The third-order valence-corrected chi connectivity index (χ3v) is 5.93. The molecule has 6 heteroatoms. The number of aromatic nitrogens is 2. The Kier molecular flexibility index (Phi) is 5.21. The molecule has 106 valence electrons. The van der Waals surface area contributed by atoms with Crippen LogP contribution in [0.4, 0.5) is 0 Å². The van der Waals surface area contributed by atoms with Crippen LogP contribution in [0.3, 0.4) is 0 Å². The third-order valence-electron chi connectivity index (χ3n) is 4.02. The van der Waals surface area contributed by atoms with Crippen molar-refractivity contribution in [3.63, 3.8) is 0 Å². The molecule has 1 aliphatic carbocycles. The van der Waals surface area contributed by atoms with Gasteiger partial charge in [0.25, 0.3) is 0 Å². The summed E-state index contributed by atoms with van der Waals surface area (Å²) in [5.74, 6) is 1.38. The van der Waals surface area contributed by atoms with Gasteiger partial charge in [-0.1, -0.05) is 49.8 Å². The molecular formula is C13H21N3OS2. The number of hydrogen-bond acceptors (Lipinski definition) is 5. The van der Waals surface area contributed by atoms with E-state index >= 15 is 0 Å². The second-order valence-corrected chi connectivity index (χ2v) is 7.77. The lowest BCUT2D eigenvalue weighted by Gasteiger charge is -2.35. The monoisotopic (exact) mass is 299 g/mol. The molecular weight excluding hydrogens is 278 g/mol. The zero-order chi connectivity index (χ0) is 13.8. The number of amides is 1. The summed E-state index contributed by atoms with van der Waals surface area (Å²) in [4.78, 5) is 12.2. The lowest BCUT2D eigenvalue weighted by molar-refractivity contribution is -0.121. The summed E-state index contributed by atoms with van der Waals surface area (Å²) in [6, 6.07) is 0.328. The highest BCUT2D eigenvalue weighted by molar-refractivity contribution is 8.02. The van der Waals surface area contributed by atoms with Crippen molar-refractivity contribution < 1.29 is 4.79 Å². The predicted octanol–water partition coefficient (Wildman–Crippen LogP) is 2.96. The number of carbonyl (C=O) groups is 1. The Morgan fingerprint density at radius 1 is 1.53 bits per heavy atom. The smallest absolute Gasteiger partial charge is 0.233 e. The summed E-state index contributed by atoms with van der Waals surface area (Å²) < 4.78 is 0.854. The summed E-state index contributed by atoms with van der Waals surface area (Å²) in [7, 11) is 0. The first-order chi connectivity index (χ1) is 9.08. The van der Waals surface area contributed by atoms with Crippen molar-refractivity contribution in [1.29, 1.82) is 0 Å². The van der Waals surface area contributed by atoms with E-state index in [-0.39, 0.29) is 11.2 Å². The molecule has 4 nitrogen and oxygen atoms in total. The van der Waals surface area contributed by atoms with Gasteiger partial charge in [0.2, 0.25) is 5.91 Å².